The van der Waals surface area contributed by atoms with E-state index in [1.807, 2.05) is 0 Å². The quantitative estimate of drug-likeness (QED) is 0.896. The van der Waals surface area contributed by atoms with Gasteiger partial charge in [-0.1, -0.05) is 0 Å². The molecule has 1 aromatic carbocycles. The van der Waals surface area contributed by atoms with Crippen LogP contribution in [0.3, 0.4) is 0 Å². The van der Waals surface area contributed by atoms with E-state index in [0.29, 0.717) is 30.4 Å². The van der Waals surface area contributed by atoms with E-state index in [1.165, 1.54) is 4.90 Å². The third-order valence-electron chi connectivity index (χ3n) is 3.11. The maximum absolute atomic E-state index is 11.8. The van der Waals surface area contributed by atoms with E-state index in [2.05, 4.69) is 0 Å². The summed E-state index contributed by atoms with van der Waals surface area (Å²) in [5.41, 5.74) is 0.604. The van der Waals surface area contributed by atoms with Crippen LogP contribution in [0.1, 0.15) is 6.42 Å². The molecule has 106 valence electrons. The third kappa shape index (κ3) is 2.34. The number of aliphatic carboxylic acids is 1. The first-order valence-corrected chi connectivity index (χ1v) is 6.23. The van der Waals surface area contributed by atoms with E-state index in [-0.39, 0.29) is 13.0 Å². The van der Waals surface area contributed by atoms with Crippen molar-refractivity contribution in [2.24, 2.45) is 0 Å². The zero-order valence-electron chi connectivity index (χ0n) is 10.6. The molecule has 0 radical (unpaired) electrons. The number of ether oxygens (including phenoxy) is 3. The second-order valence-electron chi connectivity index (χ2n) is 4.54. The van der Waals surface area contributed by atoms with Crippen molar-refractivity contribution in [3.8, 4) is 11.5 Å². The number of carbonyl (C=O) groups excluding carboxylic acids is 1. The number of cyclic esters (lactones) is 1. The molecule has 0 unspecified atom stereocenters. The zero-order chi connectivity index (χ0) is 14.1. The van der Waals surface area contributed by atoms with Gasteiger partial charge in [-0.05, 0) is 12.1 Å². The number of anilines is 1. The number of amides is 1. The van der Waals surface area contributed by atoms with E-state index < -0.39 is 18.2 Å². The van der Waals surface area contributed by atoms with E-state index in [1.54, 1.807) is 18.2 Å². The fraction of sp³-hybridized carbons (Fsp3) is 0.385. The Morgan fingerprint density at radius 1 is 1.30 bits per heavy atom. The Hall–Kier alpha value is -2.44. The predicted octanol–water partition coefficient (Wildman–Crippen LogP) is 1.26. The molecule has 1 N–H and O–H groups in total. The number of rotatable bonds is 3. The molecule has 1 fully saturated rings. The van der Waals surface area contributed by atoms with Crippen LogP contribution in [-0.2, 0) is 9.53 Å². The summed E-state index contributed by atoms with van der Waals surface area (Å²) in [7, 11) is 0. The van der Waals surface area contributed by atoms with Crippen LogP contribution in [-0.4, -0.2) is 43.0 Å². The summed E-state index contributed by atoms with van der Waals surface area (Å²) >= 11 is 0. The average Bonchev–Trinajstić information content (AvgIpc) is 2.78. The van der Waals surface area contributed by atoms with Gasteiger partial charge < -0.3 is 19.3 Å². The Morgan fingerprint density at radius 2 is 2.05 bits per heavy atom. The molecule has 0 aromatic heterocycles. The molecule has 0 bridgehead atoms. The fourth-order valence-corrected chi connectivity index (χ4v) is 2.23. The lowest BCUT2D eigenvalue weighted by Crippen LogP contribution is -2.25. The van der Waals surface area contributed by atoms with Crippen molar-refractivity contribution >= 4 is 17.7 Å². The van der Waals surface area contributed by atoms with Gasteiger partial charge in [-0.25, -0.2) is 4.79 Å². The minimum atomic E-state index is -0.994. The average molecular weight is 279 g/mol. The van der Waals surface area contributed by atoms with E-state index >= 15 is 0 Å². The van der Waals surface area contributed by atoms with Crippen LogP contribution in [0.2, 0.25) is 0 Å². The minimum absolute atomic E-state index is 0.202. The summed E-state index contributed by atoms with van der Waals surface area (Å²) in [4.78, 5) is 23.8. The Morgan fingerprint density at radius 3 is 2.80 bits per heavy atom. The summed E-state index contributed by atoms with van der Waals surface area (Å²) in [5.74, 6) is 0.213. The molecular weight excluding hydrogens is 266 g/mol. The summed E-state index contributed by atoms with van der Waals surface area (Å²) in [6.45, 7) is 1.17. The zero-order valence-corrected chi connectivity index (χ0v) is 10.6. The molecule has 2 aliphatic heterocycles. The van der Waals surface area contributed by atoms with E-state index in [0.717, 1.165) is 0 Å². The molecule has 1 amide bonds. The molecule has 1 atom stereocenters. The van der Waals surface area contributed by atoms with Gasteiger partial charge in [0.15, 0.2) is 11.5 Å². The van der Waals surface area contributed by atoms with Gasteiger partial charge in [0.25, 0.3) is 0 Å². The second-order valence-corrected chi connectivity index (χ2v) is 4.54. The number of fused-ring (bicyclic) bond motifs is 1. The van der Waals surface area contributed by atoms with Crippen molar-refractivity contribution in [2.45, 2.75) is 12.5 Å². The number of hydrogen-bond donors (Lipinski definition) is 1. The highest BCUT2D eigenvalue weighted by Gasteiger charge is 2.34. The van der Waals surface area contributed by atoms with Gasteiger partial charge in [0.1, 0.15) is 19.3 Å². The maximum atomic E-state index is 11.8. The molecule has 7 nitrogen and oxygen atoms in total. The van der Waals surface area contributed by atoms with Gasteiger partial charge in [-0.3, -0.25) is 9.69 Å². The lowest BCUT2D eigenvalue weighted by molar-refractivity contribution is -0.138. The SMILES string of the molecule is O=C(O)C[C@@H]1CN(c2ccc3c(c2)OCCO3)C(=O)O1. The van der Waals surface area contributed by atoms with Crippen LogP contribution in [0.25, 0.3) is 0 Å². The smallest absolute Gasteiger partial charge is 0.414 e. The van der Waals surface area contributed by atoms with Crippen LogP contribution in [0.4, 0.5) is 10.5 Å². The number of carboxylic acid groups (broad SMARTS) is 1. The van der Waals surface area contributed by atoms with Crippen molar-refractivity contribution in [1.82, 2.24) is 0 Å². The van der Waals surface area contributed by atoms with E-state index in [4.69, 9.17) is 19.3 Å². The molecule has 7 heteroatoms. The molecule has 2 aliphatic rings. The van der Waals surface area contributed by atoms with Crippen molar-refractivity contribution < 1.29 is 28.9 Å². The van der Waals surface area contributed by atoms with Gasteiger partial charge in [-0.2, -0.15) is 0 Å². The number of carboxylic acids is 1. The Labute approximate surface area is 114 Å². The number of carbonyl (C=O) groups is 2. The van der Waals surface area contributed by atoms with Crippen LogP contribution >= 0.6 is 0 Å². The summed E-state index contributed by atoms with van der Waals surface area (Å²) in [6.07, 6.45) is -1.38. The molecule has 1 aromatic rings. The van der Waals surface area contributed by atoms with Crippen LogP contribution < -0.4 is 14.4 Å². The molecule has 0 spiro atoms. The number of nitrogens with zero attached hydrogens (tertiary/aromatic N) is 1. The first kappa shape index (κ1) is 12.6. The fourth-order valence-electron chi connectivity index (χ4n) is 2.23. The summed E-state index contributed by atoms with van der Waals surface area (Å²) in [5, 5.41) is 8.73. The molecular formula is C13H13NO6. The van der Waals surface area contributed by atoms with Crippen LogP contribution in [0, 0.1) is 0 Å². The van der Waals surface area contributed by atoms with Gasteiger partial charge >= 0.3 is 12.1 Å². The Balaban J connectivity index is 1.79. The molecule has 1 saturated heterocycles. The van der Waals surface area contributed by atoms with Gasteiger partial charge in [0, 0.05) is 6.07 Å². The lowest BCUT2D eigenvalue weighted by Gasteiger charge is -2.20. The van der Waals surface area contributed by atoms with Crippen LogP contribution in [0.5, 0.6) is 11.5 Å². The van der Waals surface area contributed by atoms with Crippen molar-refractivity contribution in [2.75, 3.05) is 24.7 Å². The van der Waals surface area contributed by atoms with Gasteiger partial charge in [-0.15, -0.1) is 0 Å². The lowest BCUT2D eigenvalue weighted by atomic mass is 10.2. The van der Waals surface area contributed by atoms with Gasteiger partial charge in [0.05, 0.1) is 18.7 Å². The number of benzene rings is 1. The normalized spacial score (nSPS) is 20.7. The highest BCUT2D eigenvalue weighted by molar-refractivity contribution is 5.90. The molecule has 0 saturated carbocycles. The van der Waals surface area contributed by atoms with Crippen molar-refractivity contribution in [3.63, 3.8) is 0 Å². The monoisotopic (exact) mass is 279 g/mol. The molecule has 0 aliphatic carbocycles. The topological polar surface area (TPSA) is 85.3 Å². The highest BCUT2D eigenvalue weighted by atomic mass is 16.6. The number of hydrogen-bond acceptors (Lipinski definition) is 5. The Bertz CT molecular complexity index is 558. The standard InChI is InChI=1S/C13H13NO6/c15-12(16)6-9-7-14(13(17)20-9)8-1-2-10-11(5-8)19-4-3-18-10/h1-2,5,9H,3-4,6-7H2,(H,15,16)/t9-/m1/s1. The summed E-state index contributed by atoms with van der Waals surface area (Å²) in [6, 6.07) is 5.14. The van der Waals surface area contributed by atoms with Crippen molar-refractivity contribution in [3.05, 3.63) is 18.2 Å². The second kappa shape index (κ2) is 4.92. The molecule has 20 heavy (non-hydrogen) atoms. The molecule has 3 rings (SSSR count). The largest absolute Gasteiger partial charge is 0.486 e. The highest BCUT2D eigenvalue weighted by Crippen LogP contribution is 2.35. The predicted molar refractivity (Wildman–Crippen MR) is 67.3 cm³/mol. The van der Waals surface area contributed by atoms with E-state index in [9.17, 15) is 9.59 Å². The first-order chi connectivity index (χ1) is 9.63. The van der Waals surface area contributed by atoms with Crippen LogP contribution in [0.15, 0.2) is 18.2 Å². The summed E-state index contributed by atoms with van der Waals surface area (Å²) < 4.78 is 15.9. The maximum Gasteiger partial charge on any atom is 0.414 e. The first-order valence-electron chi connectivity index (χ1n) is 6.23. The third-order valence-corrected chi connectivity index (χ3v) is 3.11. The van der Waals surface area contributed by atoms with Crippen molar-refractivity contribution in [1.29, 1.82) is 0 Å². The molecule has 2 heterocycles. The van der Waals surface area contributed by atoms with Gasteiger partial charge in [0.2, 0.25) is 0 Å². The minimum Gasteiger partial charge on any atom is -0.486 e. The Kier molecular flexibility index (Phi) is 3.09.